The zero-order chi connectivity index (χ0) is 12.5. The third-order valence-corrected chi connectivity index (χ3v) is 3.13. The number of halogens is 3. The zero-order valence-electron chi connectivity index (χ0n) is 9.13. The van der Waals surface area contributed by atoms with Crippen molar-refractivity contribution in [1.29, 1.82) is 0 Å². The normalized spacial score (nSPS) is 16.6. The number of carbonyl (C=O) groups excluding carboxylic acids is 1. The number of rotatable bonds is 3. The number of aromatic nitrogens is 1. The largest absolute Gasteiger partial charge is 0.417 e. The Labute approximate surface area is 96.9 Å². The van der Waals surface area contributed by atoms with Gasteiger partial charge in [0.05, 0.1) is 5.56 Å². The molecule has 1 saturated carbocycles. The van der Waals surface area contributed by atoms with Crippen molar-refractivity contribution in [3.8, 4) is 0 Å². The van der Waals surface area contributed by atoms with Gasteiger partial charge in [0.1, 0.15) is 0 Å². The van der Waals surface area contributed by atoms with Crippen molar-refractivity contribution in [3.05, 3.63) is 29.6 Å². The molecule has 0 atom stereocenters. The molecule has 0 spiro atoms. The van der Waals surface area contributed by atoms with Crippen molar-refractivity contribution >= 4 is 5.78 Å². The lowest BCUT2D eigenvalue weighted by molar-refractivity contribution is -0.138. The first-order valence-electron chi connectivity index (χ1n) is 5.53. The average molecular weight is 243 g/mol. The van der Waals surface area contributed by atoms with E-state index in [1.165, 1.54) is 0 Å². The van der Waals surface area contributed by atoms with Gasteiger partial charge in [0, 0.05) is 24.4 Å². The molecule has 92 valence electrons. The van der Waals surface area contributed by atoms with E-state index >= 15 is 0 Å². The second-order valence-corrected chi connectivity index (χ2v) is 4.34. The summed E-state index contributed by atoms with van der Waals surface area (Å²) in [5.41, 5.74) is -1.18. The molecule has 2 rings (SSSR count). The van der Waals surface area contributed by atoms with E-state index in [0.29, 0.717) is 0 Å². The SMILES string of the molecule is O=C(CC1CCC1)c1cnccc1C(F)(F)F. The number of alkyl halides is 3. The minimum atomic E-state index is -4.49. The first kappa shape index (κ1) is 12.1. The smallest absolute Gasteiger partial charge is 0.294 e. The molecule has 0 amide bonds. The molecule has 1 aliphatic carbocycles. The van der Waals surface area contributed by atoms with Crippen LogP contribution in [0.2, 0.25) is 0 Å². The van der Waals surface area contributed by atoms with Crippen LogP contribution in [0.5, 0.6) is 0 Å². The van der Waals surface area contributed by atoms with Crippen molar-refractivity contribution in [2.75, 3.05) is 0 Å². The van der Waals surface area contributed by atoms with Crippen molar-refractivity contribution in [1.82, 2.24) is 4.98 Å². The minimum Gasteiger partial charge on any atom is -0.294 e. The van der Waals surface area contributed by atoms with Crippen LogP contribution in [-0.4, -0.2) is 10.8 Å². The highest BCUT2D eigenvalue weighted by Crippen LogP contribution is 2.34. The molecule has 17 heavy (non-hydrogen) atoms. The van der Waals surface area contributed by atoms with Crippen molar-refractivity contribution in [2.24, 2.45) is 5.92 Å². The third-order valence-electron chi connectivity index (χ3n) is 3.13. The molecule has 1 aromatic heterocycles. The van der Waals surface area contributed by atoms with Gasteiger partial charge in [-0.3, -0.25) is 9.78 Å². The number of pyridine rings is 1. The lowest BCUT2D eigenvalue weighted by Gasteiger charge is -2.24. The Hall–Kier alpha value is -1.39. The van der Waals surface area contributed by atoms with Gasteiger partial charge in [-0.1, -0.05) is 19.3 Å². The summed E-state index contributed by atoms with van der Waals surface area (Å²) in [6.07, 6.45) is 0.729. The van der Waals surface area contributed by atoms with Crippen molar-refractivity contribution in [3.63, 3.8) is 0 Å². The fourth-order valence-corrected chi connectivity index (χ4v) is 1.93. The quantitative estimate of drug-likeness (QED) is 0.761. The van der Waals surface area contributed by atoms with E-state index in [2.05, 4.69) is 4.98 Å². The summed E-state index contributed by atoms with van der Waals surface area (Å²) in [5, 5.41) is 0. The Morgan fingerprint density at radius 1 is 1.41 bits per heavy atom. The summed E-state index contributed by atoms with van der Waals surface area (Å²) < 4.78 is 38.0. The van der Waals surface area contributed by atoms with Crippen LogP contribution in [0.25, 0.3) is 0 Å². The second-order valence-electron chi connectivity index (χ2n) is 4.34. The van der Waals surface area contributed by atoms with E-state index in [1.807, 2.05) is 0 Å². The first-order valence-corrected chi connectivity index (χ1v) is 5.53. The molecule has 1 aliphatic rings. The highest BCUT2D eigenvalue weighted by molar-refractivity contribution is 5.97. The fourth-order valence-electron chi connectivity index (χ4n) is 1.93. The maximum Gasteiger partial charge on any atom is 0.417 e. The minimum absolute atomic E-state index is 0.203. The number of carbonyl (C=O) groups is 1. The summed E-state index contributed by atoms with van der Waals surface area (Å²) in [7, 11) is 0. The van der Waals surface area contributed by atoms with Crippen molar-refractivity contribution < 1.29 is 18.0 Å². The Bertz CT molecular complexity index is 424. The number of hydrogen-bond acceptors (Lipinski definition) is 2. The summed E-state index contributed by atoms with van der Waals surface area (Å²) in [6.45, 7) is 0. The van der Waals surface area contributed by atoms with Gasteiger partial charge >= 0.3 is 6.18 Å². The van der Waals surface area contributed by atoms with Gasteiger partial charge in [-0.2, -0.15) is 13.2 Å². The van der Waals surface area contributed by atoms with Crippen LogP contribution in [0.15, 0.2) is 18.5 Å². The summed E-state index contributed by atoms with van der Waals surface area (Å²) >= 11 is 0. The van der Waals surface area contributed by atoms with E-state index < -0.39 is 17.5 Å². The topological polar surface area (TPSA) is 30.0 Å². The number of Topliss-reactive ketones (excluding diaryl/α,β-unsaturated/α-hetero) is 1. The van der Waals surface area contributed by atoms with E-state index in [9.17, 15) is 18.0 Å². The van der Waals surface area contributed by atoms with Crippen molar-refractivity contribution in [2.45, 2.75) is 31.9 Å². The first-order chi connectivity index (χ1) is 7.98. The third kappa shape index (κ3) is 2.65. The molecular weight excluding hydrogens is 231 g/mol. The van der Waals surface area contributed by atoms with Crippen LogP contribution >= 0.6 is 0 Å². The number of ketones is 1. The Kier molecular flexibility index (Phi) is 3.17. The Balaban J connectivity index is 2.21. The monoisotopic (exact) mass is 243 g/mol. The summed E-state index contributed by atoms with van der Waals surface area (Å²) in [4.78, 5) is 15.4. The van der Waals surface area contributed by atoms with Gasteiger partial charge in [-0.05, 0) is 12.0 Å². The zero-order valence-corrected chi connectivity index (χ0v) is 9.13. The second kappa shape index (κ2) is 4.47. The molecule has 0 aliphatic heterocycles. The lowest BCUT2D eigenvalue weighted by atomic mass is 9.80. The highest BCUT2D eigenvalue weighted by atomic mass is 19.4. The molecule has 2 nitrogen and oxygen atoms in total. The van der Waals surface area contributed by atoms with Gasteiger partial charge < -0.3 is 0 Å². The summed E-state index contributed by atoms with van der Waals surface area (Å²) in [6, 6.07) is 0.855. The molecule has 0 radical (unpaired) electrons. The molecule has 1 fully saturated rings. The van der Waals surface area contributed by atoms with Crippen LogP contribution in [0.1, 0.15) is 41.6 Å². The number of hydrogen-bond donors (Lipinski definition) is 0. The maximum absolute atomic E-state index is 12.7. The van der Waals surface area contributed by atoms with Crippen LogP contribution in [0.3, 0.4) is 0 Å². The van der Waals surface area contributed by atoms with Gasteiger partial charge in [0.15, 0.2) is 5.78 Å². The number of nitrogens with zero attached hydrogens (tertiary/aromatic N) is 1. The van der Waals surface area contributed by atoms with Gasteiger partial charge in [0.2, 0.25) is 0 Å². The van der Waals surface area contributed by atoms with Crippen LogP contribution in [0, 0.1) is 5.92 Å². The average Bonchev–Trinajstić information content (AvgIpc) is 2.22. The van der Waals surface area contributed by atoms with E-state index in [0.717, 1.165) is 37.7 Å². The van der Waals surface area contributed by atoms with Gasteiger partial charge in [-0.15, -0.1) is 0 Å². The summed E-state index contributed by atoms with van der Waals surface area (Å²) in [5.74, 6) is -0.195. The maximum atomic E-state index is 12.7. The molecule has 1 aromatic rings. The van der Waals surface area contributed by atoms with E-state index in [1.54, 1.807) is 0 Å². The van der Waals surface area contributed by atoms with Gasteiger partial charge in [-0.25, -0.2) is 0 Å². The van der Waals surface area contributed by atoms with Crippen LogP contribution in [0.4, 0.5) is 13.2 Å². The van der Waals surface area contributed by atoms with E-state index in [4.69, 9.17) is 0 Å². The highest BCUT2D eigenvalue weighted by Gasteiger charge is 2.35. The molecule has 0 unspecified atom stereocenters. The molecule has 1 heterocycles. The molecule has 0 aromatic carbocycles. The van der Waals surface area contributed by atoms with Gasteiger partial charge in [0.25, 0.3) is 0 Å². The standard InChI is InChI=1S/C12H12F3NO/c13-12(14,15)10-4-5-16-7-9(10)11(17)6-8-2-1-3-8/h4-5,7-8H,1-3,6H2. The predicted octanol–water partition coefficient (Wildman–Crippen LogP) is 3.47. The molecular formula is C12H12F3NO. The van der Waals surface area contributed by atoms with E-state index in [-0.39, 0.29) is 17.9 Å². The van der Waals surface area contributed by atoms with Crippen LogP contribution in [-0.2, 0) is 6.18 Å². The Morgan fingerprint density at radius 2 is 2.12 bits per heavy atom. The molecule has 0 N–H and O–H groups in total. The molecule has 0 bridgehead atoms. The van der Waals surface area contributed by atoms with Crippen LogP contribution < -0.4 is 0 Å². The predicted molar refractivity (Wildman–Crippen MR) is 55.5 cm³/mol. The fraction of sp³-hybridized carbons (Fsp3) is 0.500. The Morgan fingerprint density at radius 3 is 2.65 bits per heavy atom. The molecule has 5 heteroatoms. The lowest BCUT2D eigenvalue weighted by Crippen LogP contribution is -2.19. The molecule has 0 saturated heterocycles.